The first-order chi connectivity index (χ1) is 9.91. The third-order valence-electron chi connectivity index (χ3n) is 4.12. The van der Waals surface area contributed by atoms with Gasteiger partial charge in [0.2, 0.25) is 0 Å². The molecule has 0 atom stereocenters. The second kappa shape index (κ2) is 20.0. The molecule has 0 aliphatic rings. The summed E-state index contributed by atoms with van der Waals surface area (Å²) < 4.78 is 1.33. The fourth-order valence-electron chi connectivity index (χ4n) is 2.74. The summed E-state index contributed by atoms with van der Waals surface area (Å²) in [6.45, 7) is 2.29. The van der Waals surface area contributed by atoms with Gasteiger partial charge in [0.1, 0.15) is 0 Å². The monoisotopic (exact) mass is 336 g/mol. The molecule has 0 saturated heterocycles. The van der Waals surface area contributed by atoms with Crippen molar-refractivity contribution in [2.75, 3.05) is 0 Å². The SMILES string of the molecule is CCCCCCCCCCCCCCCCC[CH2][Ti][Cl]. The molecule has 0 aliphatic carbocycles. The molecule has 0 heterocycles. The molecule has 0 amide bonds. The molecule has 0 nitrogen and oxygen atoms in total. The van der Waals surface area contributed by atoms with E-state index in [1.807, 2.05) is 0 Å². The Morgan fingerprint density at radius 1 is 0.500 bits per heavy atom. The Kier molecular flexibility index (Phi) is 21.0. The second-order valence-electron chi connectivity index (χ2n) is 6.19. The van der Waals surface area contributed by atoms with Crippen LogP contribution in [0.1, 0.15) is 110 Å². The molecule has 2 heteroatoms. The quantitative estimate of drug-likeness (QED) is 0.187. The summed E-state index contributed by atoms with van der Waals surface area (Å²) in [6, 6.07) is 0. The van der Waals surface area contributed by atoms with Gasteiger partial charge in [0, 0.05) is 0 Å². The van der Waals surface area contributed by atoms with E-state index in [0.717, 1.165) is 0 Å². The Bertz CT molecular complexity index is 143. The van der Waals surface area contributed by atoms with Crippen LogP contribution in [0, 0.1) is 0 Å². The predicted octanol–water partition coefficient (Wildman–Crippen LogP) is 7.90. The molecule has 0 bridgehead atoms. The van der Waals surface area contributed by atoms with Crippen LogP contribution in [-0.4, -0.2) is 0 Å². The van der Waals surface area contributed by atoms with Crippen LogP contribution in [0.5, 0.6) is 0 Å². The van der Waals surface area contributed by atoms with Crippen molar-refractivity contribution in [3.63, 3.8) is 0 Å². The van der Waals surface area contributed by atoms with E-state index in [4.69, 9.17) is 9.30 Å². The van der Waals surface area contributed by atoms with Crippen molar-refractivity contribution in [1.82, 2.24) is 0 Å². The molecule has 0 aromatic heterocycles. The molecule has 0 N–H and O–H groups in total. The van der Waals surface area contributed by atoms with E-state index in [1.54, 1.807) is 0 Å². The van der Waals surface area contributed by atoms with Crippen molar-refractivity contribution in [3.05, 3.63) is 0 Å². The average Bonchev–Trinajstić information content (AvgIpc) is 2.47. The van der Waals surface area contributed by atoms with Crippen molar-refractivity contribution in [2.45, 2.75) is 114 Å². The maximum absolute atomic E-state index is 5.79. The topological polar surface area (TPSA) is 0 Å². The van der Waals surface area contributed by atoms with E-state index >= 15 is 0 Å². The summed E-state index contributed by atoms with van der Waals surface area (Å²) in [5.41, 5.74) is 0. The van der Waals surface area contributed by atoms with Crippen LogP contribution in [0.15, 0.2) is 0 Å². The molecule has 0 aromatic carbocycles. The Morgan fingerprint density at radius 3 is 1.10 bits per heavy atom. The molecule has 0 radical (unpaired) electrons. The Hall–Kier alpha value is 1.00. The van der Waals surface area contributed by atoms with Crippen molar-refractivity contribution in [2.24, 2.45) is 0 Å². The molecule has 0 rings (SSSR count). The van der Waals surface area contributed by atoms with Crippen LogP contribution in [-0.2, 0) is 18.1 Å². The van der Waals surface area contributed by atoms with Gasteiger partial charge in [-0.3, -0.25) is 0 Å². The van der Waals surface area contributed by atoms with E-state index in [9.17, 15) is 0 Å². The third kappa shape index (κ3) is 19.0. The number of rotatable bonds is 17. The molecule has 0 spiro atoms. The van der Waals surface area contributed by atoms with Crippen molar-refractivity contribution in [1.29, 1.82) is 0 Å². The molecule has 0 unspecified atom stereocenters. The fourth-order valence-corrected chi connectivity index (χ4v) is 3.89. The summed E-state index contributed by atoms with van der Waals surface area (Å²) in [4.78, 5) is 0. The molecule has 0 aromatic rings. The van der Waals surface area contributed by atoms with Crippen LogP contribution >= 0.6 is 9.30 Å². The number of hydrogen-bond acceptors (Lipinski definition) is 0. The van der Waals surface area contributed by atoms with Gasteiger partial charge in [0.15, 0.2) is 0 Å². The zero-order valence-electron chi connectivity index (χ0n) is 13.9. The van der Waals surface area contributed by atoms with Gasteiger partial charge in [-0.15, -0.1) is 0 Å². The van der Waals surface area contributed by atoms with Crippen LogP contribution in [0.2, 0.25) is 4.73 Å². The van der Waals surface area contributed by atoms with E-state index in [2.05, 4.69) is 6.92 Å². The maximum atomic E-state index is 5.79. The normalized spacial score (nSPS) is 10.9. The van der Waals surface area contributed by atoms with Gasteiger partial charge in [-0.25, -0.2) is 0 Å². The molecule has 20 heavy (non-hydrogen) atoms. The van der Waals surface area contributed by atoms with Crippen molar-refractivity contribution in [3.8, 4) is 0 Å². The van der Waals surface area contributed by atoms with Crippen LogP contribution < -0.4 is 0 Å². The zero-order chi connectivity index (χ0) is 14.7. The predicted molar refractivity (Wildman–Crippen MR) is 90.2 cm³/mol. The minimum absolute atomic E-state index is 0.0760. The summed E-state index contributed by atoms with van der Waals surface area (Å²) in [5.74, 6) is 0. The first-order valence-corrected chi connectivity index (χ1v) is 12.5. The van der Waals surface area contributed by atoms with E-state index in [0.29, 0.717) is 0 Å². The Morgan fingerprint density at radius 2 is 0.800 bits per heavy atom. The van der Waals surface area contributed by atoms with Crippen LogP contribution in [0.4, 0.5) is 0 Å². The van der Waals surface area contributed by atoms with E-state index in [-0.39, 0.29) is 18.1 Å². The Labute approximate surface area is 141 Å². The Balaban J connectivity index is 2.89. The van der Waals surface area contributed by atoms with Gasteiger partial charge >= 0.3 is 103 Å². The van der Waals surface area contributed by atoms with Gasteiger partial charge in [-0.05, 0) is 0 Å². The molecular formula is C18H37ClTi. The summed E-state index contributed by atoms with van der Waals surface area (Å²) in [7, 11) is 5.79. The summed E-state index contributed by atoms with van der Waals surface area (Å²) in [6.07, 6.45) is 23.3. The van der Waals surface area contributed by atoms with E-state index in [1.165, 1.54) is 107 Å². The molecule has 0 fully saturated rings. The summed E-state index contributed by atoms with van der Waals surface area (Å²) >= 11 is -0.0760. The van der Waals surface area contributed by atoms with E-state index < -0.39 is 0 Å². The second-order valence-corrected chi connectivity index (χ2v) is 8.49. The number of halogens is 1. The minimum atomic E-state index is -0.0760. The van der Waals surface area contributed by atoms with Gasteiger partial charge in [0.25, 0.3) is 0 Å². The van der Waals surface area contributed by atoms with Gasteiger partial charge < -0.3 is 0 Å². The van der Waals surface area contributed by atoms with Crippen molar-refractivity contribution < 1.29 is 18.1 Å². The number of hydrogen-bond donors (Lipinski definition) is 0. The molecule has 120 valence electrons. The zero-order valence-corrected chi connectivity index (χ0v) is 16.2. The molecular weight excluding hydrogens is 300 g/mol. The van der Waals surface area contributed by atoms with Gasteiger partial charge in [0.05, 0.1) is 0 Å². The molecule has 0 aliphatic heterocycles. The van der Waals surface area contributed by atoms with Crippen molar-refractivity contribution >= 4 is 9.30 Å². The fraction of sp³-hybridized carbons (Fsp3) is 1.00. The first-order valence-electron chi connectivity index (χ1n) is 9.25. The third-order valence-corrected chi connectivity index (χ3v) is 5.75. The molecule has 0 saturated carbocycles. The number of unbranched alkanes of at least 4 members (excludes halogenated alkanes) is 15. The van der Waals surface area contributed by atoms with Gasteiger partial charge in [-0.1, -0.05) is 39.0 Å². The summed E-state index contributed by atoms with van der Waals surface area (Å²) in [5, 5.41) is 0. The standard InChI is InChI=1S/C18H37.ClH.Ti/c1-3-5-7-9-11-13-15-17-18-16-14-12-10-8-6-4-2;;/h1,3-18H2,2H3;1H;/q;;+1/p-1. The first kappa shape index (κ1) is 21.0. The van der Waals surface area contributed by atoms with Crippen LogP contribution in [0.25, 0.3) is 0 Å². The van der Waals surface area contributed by atoms with Gasteiger partial charge in [-0.2, -0.15) is 0 Å². The average molecular weight is 337 g/mol. The van der Waals surface area contributed by atoms with Crippen LogP contribution in [0.3, 0.4) is 0 Å².